The second kappa shape index (κ2) is 8.96. The third-order valence-electron chi connectivity index (χ3n) is 6.61. The van der Waals surface area contributed by atoms with Crippen LogP contribution in [-0.4, -0.2) is 42.5 Å². The predicted molar refractivity (Wildman–Crippen MR) is 112 cm³/mol. The molecule has 30 heavy (non-hydrogen) atoms. The number of carbonyl (C=O) groups excluding carboxylic acids is 2. The van der Waals surface area contributed by atoms with Gasteiger partial charge in [-0.3, -0.25) is 9.59 Å². The Hall–Kier alpha value is -2.08. The summed E-state index contributed by atoms with van der Waals surface area (Å²) in [6.45, 7) is 15.6. The number of ether oxygens (including phenoxy) is 4. The number of carbonyl (C=O) groups is 2. The van der Waals surface area contributed by atoms with Gasteiger partial charge in [-0.05, 0) is 51.0 Å². The van der Waals surface area contributed by atoms with Gasteiger partial charge in [0, 0.05) is 31.8 Å². The van der Waals surface area contributed by atoms with E-state index in [1.165, 1.54) is 13.8 Å². The molecule has 0 aromatic heterocycles. The average molecular weight is 419 g/mol. The van der Waals surface area contributed by atoms with Crippen molar-refractivity contribution in [2.24, 2.45) is 11.8 Å². The van der Waals surface area contributed by atoms with Gasteiger partial charge in [0.25, 0.3) is 0 Å². The molecule has 3 aliphatic rings. The van der Waals surface area contributed by atoms with Gasteiger partial charge in [-0.2, -0.15) is 0 Å². The monoisotopic (exact) mass is 418 g/mol. The van der Waals surface area contributed by atoms with Crippen LogP contribution in [0.1, 0.15) is 59.8 Å². The van der Waals surface area contributed by atoms with Gasteiger partial charge in [-0.1, -0.05) is 18.7 Å². The first kappa shape index (κ1) is 22.6. The standard InChI is InChI=1S/C24H34O6/c1-14(2)21(28-16(4)25)11-22(29-17(5)26)20-13-27-12-19-15(3)7-8-23-24(6,30-23)10-9-18(19)20/h13,18-19,21-23H,1,3,7-12H2,2,4-6H3. The molecule has 2 fully saturated rings. The van der Waals surface area contributed by atoms with Crippen LogP contribution < -0.4 is 0 Å². The lowest BCUT2D eigenvalue weighted by molar-refractivity contribution is -0.150. The highest BCUT2D eigenvalue weighted by atomic mass is 16.6. The Morgan fingerprint density at radius 3 is 2.53 bits per heavy atom. The highest BCUT2D eigenvalue weighted by Gasteiger charge is 2.53. The average Bonchev–Trinajstić information content (AvgIpc) is 3.31. The van der Waals surface area contributed by atoms with E-state index < -0.39 is 18.2 Å². The minimum absolute atomic E-state index is 0.0759. The summed E-state index contributed by atoms with van der Waals surface area (Å²) in [6, 6.07) is 0. The van der Waals surface area contributed by atoms with E-state index in [9.17, 15) is 9.59 Å². The zero-order chi connectivity index (χ0) is 22.1. The maximum atomic E-state index is 11.9. The molecule has 2 heterocycles. The van der Waals surface area contributed by atoms with E-state index >= 15 is 0 Å². The fourth-order valence-electron chi connectivity index (χ4n) is 4.79. The van der Waals surface area contributed by atoms with Crippen LogP contribution in [0.2, 0.25) is 0 Å². The highest BCUT2D eigenvalue weighted by molar-refractivity contribution is 5.67. The summed E-state index contributed by atoms with van der Waals surface area (Å²) < 4.78 is 23.0. The SMILES string of the molecule is C=C(C)C(CC(OC(C)=O)C1=COCC2C(=C)CCC3OC3(C)CCC12)OC(C)=O. The maximum Gasteiger partial charge on any atom is 0.303 e. The van der Waals surface area contributed by atoms with Crippen molar-refractivity contribution in [2.75, 3.05) is 6.61 Å². The number of esters is 2. The van der Waals surface area contributed by atoms with E-state index in [-0.39, 0.29) is 23.4 Å². The van der Waals surface area contributed by atoms with E-state index in [1.54, 1.807) is 13.2 Å². The largest absolute Gasteiger partial charge is 0.500 e. The van der Waals surface area contributed by atoms with E-state index in [1.807, 2.05) is 0 Å². The zero-order valence-corrected chi connectivity index (χ0v) is 18.6. The fraction of sp³-hybridized carbons (Fsp3) is 0.667. The summed E-state index contributed by atoms with van der Waals surface area (Å²) in [5, 5.41) is 0. The number of rotatable bonds is 6. The molecule has 0 aromatic carbocycles. The minimum Gasteiger partial charge on any atom is -0.500 e. The predicted octanol–water partition coefficient (Wildman–Crippen LogP) is 4.25. The molecule has 6 unspecified atom stereocenters. The summed E-state index contributed by atoms with van der Waals surface area (Å²) in [7, 11) is 0. The van der Waals surface area contributed by atoms with Gasteiger partial charge >= 0.3 is 11.9 Å². The van der Waals surface area contributed by atoms with Crippen molar-refractivity contribution in [1.82, 2.24) is 0 Å². The molecule has 0 radical (unpaired) electrons. The van der Waals surface area contributed by atoms with Gasteiger partial charge < -0.3 is 18.9 Å². The molecule has 0 amide bonds. The Balaban J connectivity index is 1.87. The van der Waals surface area contributed by atoms with Crippen LogP contribution in [0.3, 0.4) is 0 Å². The third-order valence-corrected chi connectivity index (χ3v) is 6.61. The number of epoxide rings is 1. The molecular weight excluding hydrogens is 384 g/mol. The van der Waals surface area contributed by atoms with Crippen molar-refractivity contribution < 1.29 is 28.5 Å². The quantitative estimate of drug-likeness (QED) is 0.365. The van der Waals surface area contributed by atoms with Gasteiger partial charge in [0.15, 0.2) is 0 Å². The van der Waals surface area contributed by atoms with E-state index in [4.69, 9.17) is 18.9 Å². The van der Waals surface area contributed by atoms with E-state index in [2.05, 4.69) is 20.1 Å². The molecule has 3 rings (SSSR count). The van der Waals surface area contributed by atoms with Crippen LogP contribution in [0.5, 0.6) is 0 Å². The van der Waals surface area contributed by atoms with Crippen molar-refractivity contribution in [3.05, 3.63) is 36.1 Å². The molecule has 166 valence electrons. The second-order valence-corrected chi connectivity index (χ2v) is 9.10. The smallest absolute Gasteiger partial charge is 0.303 e. The lowest BCUT2D eigenvalue weighted by Gasteiger charge is -2.37. The van der Waals surface area contributed by atoms with Crippen molar-refractivity contribution in [2.45, 2.75) is 83.7 Å². The van der Waals surface area contributed by atoms with Crippen LogP contribution in [0.25, 0.3) is 0 Å². The summed E-state index contributed by atoms with van der Waals surface area (Å²) in [5.41, 5.74) is 2.71. The zero-order valence-electron chi connectivity index (χ0n) is 18.6. The van der Waals surface area contributed by atoms with Crippen LogP contribution in [0, 0.1) is 11.8 Å². The molecule has 1 aliphatic carbocycles. The molecule has 6 atom stereocenters. The Morgan fingerprint density at radius 1 is 1.20 bits per heavy atom. The first-order valence-corrected chi connectivity index (χ1v) is 10.8. The van der Waals surface area contributed by atoms with Crippen LogP contribution in [0.4, 0.5) is 0 Å². The van der Waals surface area contributed by atoms with E-state index in [0.717, 1.165) is 36.8 Å². The topological polar surface area (TPSA) is 74.4 Å². The lowest BCUT2D eigenvalue weighted by atomic mass is 9.74. The van der Waals surface area contributed by atoms with Crippen molar-refractivity contribution in [1.29, 1.82) is 0 Å². The molecular formula is C24H34O6. The van der Waals surface area contributed by atoms with Gasteiger partial charge in [0.1, 0.15) is 12.2 Å². The lowest BCUT2D eigenvalue weighted by Crippen LogP contribution is -2.36. The summed E-state index contributed by atoms with van der Waals surface area (Å²) in [5.74, 6) is -0.470. The molecule has 0 N–H and O–H groups in total. The molecule has 0 bridgehead atoms. The summed E-state index contributed by atoms with van der Waals surface area (Å²) in [6.07, 6.45) is 4.96. The van der Waals surface area contributed by atoms with Gasteiger partial charge in [0.05, 0.1) is 24.6 Å². The molecule has 1 saturated carbocycles. The van der Waals surface area contributed by atoms with Crippen LogP contribution in [-0.2, 0) is 28.5 Å². The Kier molecular flexibility index (Phi) is 6.75. The van der Waals surface area contributed by atoms with E-state index in [0.29, 0.717) is 24.7 Å². The fourth-order valence-corrected chi connectivity index (χ4v) is 4.79. The molecule has 6 heteroatoms. The number of hydrogen-bond donors (Lipinski definition) is 0. The maximum absolute atomic E-state index is 11.9. The van der Waals surface area contributed by atoms with Crippen molar-refractivity contribution in [3.8, 4) is 0 Å². The van der Waals surface area contributed by atoms with Gasteiger partial charge in [0.2, 0.25) is 0 Å². The summed E-state index contributed by atoms with van der Waals surface area (Å²) in [4.78, 5) is 23.5. The molecule has 0 spiro atoms. The third kappa shape index (κ3) is 5.15. The molecule has 1 saturated heterocycles. The van der Waals surface area contributed by atoms with Crippen molar-refractivity contribution in [3.63, 3.8) is 0 Å². The molecule has 2 aliphatic heterocycles. The van der Waals surface area contributed by atoms with Crippen LogP contribution in [0.15, 0.2) is 36.1 Å². The Labute approximate surface area is 179 Å². The minimum atomic E-state index is -0.561. The first-order valence-electron chi connectivity index (χ1n) is 10.8. The molecule has 0 aromatic rings. The molecule has 6 nitrogen and oxygen atoms in total. The van der Waals surface area contributed by atoms with Crippen LogP contribution >= 0.6 is 0 Å². The Bertz CT molecular complexity index is 753. The first-order chi connectivity index (χ1) is 14.1. The normalized spacial score (nSPS) is 32.5. The number of fused-ring (bicyclic) bond motifs is 2. The van der Waals surface area contributed by atoms with Gasteiger partial charge in [-0.15, -0.1) is 0 Å². The Morgan fingerprint density at radius 2 is 1.90 bits per heavy atom. The van der Waals surface area contributed by atoms with Gasteiger partial charge in [-0.25, -0.2) is 0 Å². The highest BCUT2D eigenvalue weighted by Crippen LogP contribution is 2.49. The second-order valence-electron chi connectivity index (χ2n) is 9.10. The summed E-state index contributed by atoms with van der Waals surface area (Å²) >= 11 is 0. The number of hydrogen-bond acceptors (Lipinski definition) is 6. The van der Waals surface area contributed by atoms with Crippen molar-refractivity contribution >= 4 is 11.9 Å².